The average molecular weight is 231 g/mol. The highest BCUT2D eigenvalue weighted by Crippen LogP contribution is 2.18. The Morgan fingerprint density at radius 1 is 1.36 bits per heavy atom. The monoisotopic (exact) mass is 231 g/mol. The lowest BCUT2D eigenvalue weighted by molar-refractivity contribution is 0.894. The molecule has 1 heterocycles. The molecule has 14 heavy (non-hydrogen) atoms. The van der Waals surface area contributed by atoms with Gasteiger partial charge in [-0.1, -0.05) is 13.8 Å². The van der Waals surface area contributed by atoms with Crippen LogP contribution in [-0.2, 0) is 5.75 Å². The van der Waals surface area contributed by atoms with E-state index in [0.717, 1.165) is 16.7 Å². The van der Waals surface area contributed by atoms with Crippen LogP contribution in [-0.4, -0.2) is 20.6 Å². The fourth-order valence-electron chi connectivity index (χ4n) is 0.859. The van der Waals surface area contributed by atoms with Gasteiger partial charge < -0.3 is 5.32 Å². The van der Waals surface area contributed by atoms with Gasteiger partial charge in [0.25, 0.3) is 0 Å². The summed E-state index contributed by atoms with van der Waals surface area (Å²) >= 11 is 3.31. The minimum Gasteiger partial charge on any atom is -0.358 e. The molecular formula is C9H17N3S2. The van der Waals surface area contributed by atoms with E-state index in [4.69, 9.17) is 0 Å². The highest BCUT2D eigenvalue weighted by atomic mass is 32.2. The van der Waals surface area contributed by atoms with E-state index in [-0.39, 0.29) is 0 Å². The van der Waals surface area contributed by atoms with Gasteiger partial charge >= 0.3 is 0 Å². The van der Waals surface area contributed by atoms with E-state index in [2.05, 4.69) is 42.4 Å². The van der Waals surface area contributed by atoms with E-state index in [1.165, 1.54) is 11.5 Å². The molecule has 0 aliphatic carbocycles. The van der Waals surface area contributed by atoms with Crippen LogP contribution in [0.1, 0.15) is 33.5 Å². The smallest absolute Gasteiger partial charge is 0.202 e. The normalized spacial score (nSPS) is 11.3. The minimum absolute atomic E-state index is 0.425. The molecule has 0 aromatic carbocycles. The summed E-state index contributed by atoms with van der Waals surface area (Å²) in [6.07, 6.45) is 0. The Morgan fingerprint density at radius 2 is 2.07 bits per heavy atom. The van der Waals surface area contributed by atoms with Gasteiger partial charge in [-0.15, -0.1) is 0 Å². The van der Waals surface area contributed by atoms with Gasteiger partial charge in [-0.2, -0.15) is 16.1 Å². The third-order valence-corrected chi connectivity index (χ3v) is 3.20. The number of aromatic nitrogens is 2. The van der Waals surface area contributed by atoms with Crippen LogP contribution in [0.3, 0.4) is 0 Å². The van der Waals surface area contributed by atoms with Gasteiger partial charge in [0.05, 0.1) is 5.75 Å². The van der Waals surface area contributed by atoms with Gasteiger partial charge in [-0.3, -0.25) is 0 Å². The van der Waals surface area contributed by atoms with Crippen molar-refractivity contribution in [2.45, 2.75) is 44.7 Å². The average Bonchev–Trinajstić information content (AvgIpc) is 2.47. The minimum atomic E-state index is 0.425. The molecule has 80 valence electrons. The molecular weight excluding hydrogens is 214 g/mol. The van der Waals surface area contributed by atoms with Gasteiger partial charge in [-0.25, -0.2) is 4.98 Å². The summed E-state index contributed by atoms with van der Waals surface area (Å²) in [4.78, 5) is 4.40. The highest BCUT2D eigenvalue weighted by Gasteiger charge is 2.05. The zero-order valence-electron chi connectivity index (χ0n) is 9.07. The first kappa shape index (κ1) is 11.8. The van der Waals surface area contributed by atoms with Crippen molar-refractivity contribution in [2.24, 2.45) is 0 Å². The summed E-state index contributed by atoms with van der Waals surface area (Å²) in [6.45, 7) is 8.57. The molecule has 0 saturated heterocycles. The summed E-state index contributed by atoms with van der Waals surface area (Å²) in [6, 6.07) is 0.425. The number of rotatable bonds is 5. The van der Waals surface area contributed by atoms with Gasteiger partial charge in [0.2, 0.25) is 5.13 Å². The summed E-state index contributed by atoms with van der Waals surface area (Å²) in [5, 5.41) is 4.82. The van der Waals surface area contributed by atoms with Crippen molar-refractivity contribution in [3.63, 3.8) is 0 Å². The van der Waals surface area contributed by atoms with E-state index in [0.29, 0.717) is 11.3 Å². The molecule has 0 fully saturated rings. The van der Waals surface area contributed by atoms with Crippen molar-refractivity contribution in [1.82, 2.24) is 9.36 Å². The highest BCUT2D eigenvalue weighted by molar-refractivity contribution is 7.99. The quantitative estimate of drug-likeness (QED) is 0.845. The van der Waals surface area contributed by atoms with Crippen LogP contribution in [0.15, 0.2) is 0 Å². The van der Waals surface area contributed by atoms with Crippen molar-refractivity contribution in [3.05, 3.63) is 5.82 Å². The Morgan fingerprint density at radius 3 is 2.64 bits per heavy atom. The molecule has 0 radical (unpaired) electrons. The molecule has 0 bridgehead atoms. The van der Waals surface area contributed by atoms with Crippen LogP contribution in [0.25, 0.3) is 0 Å². The predicted octanol–water partition coefficient (Wildman–Crippen LogP) is 3.00. The molecule has 1 N–H and O–H groups in total. The third kappa shape index (κ3) is 4.28. The maximum Gasteiger partial charge on any atom is 0.202 e. The second kappa shape index (κ2) is 5.56. The molecule has 0 spiro atoms. The molecule has 1 aromatic heterocycles. The zero-order chi connectivity index (χ0) is 10.6. The van der Waals surface area contributed by atoms with Crippen molar-refractivity contribution < 1.29 is 0 Å². The molecule has 0 atom stereocenters. The molecule has 1 rings (SSSR count). The Balaban J connectivity index is 2.42. The lowest BCUT2D eigenvalue weighted by Gasteiger charge is -2.03. The summed E-state index contributed by atoms with van der Waals surface area (Å²) < 4.78 is 4.29. The first-order valence-electron chi connectivity index (χ1n) is 4.78. The predicted molar refractivity (Wildman–Crippen MR) is 65.1 cm³/mol. The molecule has 3 nitrogen and oxygen atoms in total. The zero-order valence-corrected chi connectivity index (χ0v) is 10.7. The number of hydrogen-bond donors (Lipinski definition) is 1. The maximum atomic E-state index is 4.40. The van der Waals surface area contributed by atoms with Gasteiger partial charge in [0.1, 0.15) is 0 Å². The number of nitrogens with one attached hydrogen (secondary N) is 1. The molecule has 0 aliphatic rings. The lowest BCUT2D eigenvalue weighted by Crippen LogP contribution is -2.09. The fraction of sp³-hybridized carbons (Fsp3) is 0.778. The Bertz CT molecular complexity index is 271. The standard InChI is InChI=1S/C9H17N3S2/c1-6(2)10-9-11-8(12-14-9)5-13-7(3)4/h6-7H,5H2,1-4H3,(H,10,11,12). The van der Waals surface area contributed by atoms with Crippen LogP contribution in [0.2, 0.25) is 0 Å². The van der Waals surface area contributed by atoms with E-state index >= 15 is 0 Å². The molecule has 5 heteroatoms. The van der Waals surface area contributed by atoms with E-state index in [1.807, 2.05) is 11.8 Å². The van der Waals surface area contributed by atoms with E-state index < -0.39 is 0 Å². The molecule has 0 amide bonds. The summed E-state index contributed by atoms with van der Waals surface area (Å²) in [5.74, 6) is 1.85. The Hall–Kier alpha value is -0.290. The maximum absolute atomic E-state index is 4.40. The number of nitrogens with zero attached hydrogens (tertiary/aromatic N) is 2. The van der Waals surface area contributed by atoms with Crippen molar-refractivity contribution in [3.8, 4) is 0 Å². The Kier molecular flexibility index (Phi) is 4.68. The number of thioether (sulfide) groups is 1. The molecule has 0 unspecified atom stereocenters. The topological polar surface area (TPSA) is 37.8 Å². The molecule has 0 saturated carbocycles. The van der Waals surface area contributed by atoms with Crippen LogP contribution in [0.5, 0.6) is 0 Å². The van der Waals surface area contributed by atoms with Gasteiger partial charge in [0.15, 0.2) is 5.82 Å². The SMILES string of the molecule is CC(C)Nc1nc(CSC(C)C)ns1. The first-order valence-corrected chi connectivity index (χ1v) is 6.61. The van der Waals surface area contributed by atoms with Crippen LogP contribution < -0.4 is 5.32 Å². The van der Waals surface area contributed by atoms with Crippen molar-refractivity contribution >= 4 is 28.4 Å². The van der Waals surface area contributed by atoms with Gasteiger partial charge in [0, 0.05) is 17.6 Å². The van der Waals surface area contributed by atoms with Crippen molar-refractivity contribution in [1.29, 1.82) is 0 Å². The first-order chi connectivity index (χ1) is 6.58. The third-order valence-electron chi connectivity index (χ3n) is 1.43. The van der Waals surface area contributed by atoms with Gasteiger partial charge in [-0.05, 0) is 19.1 Å². The second-order valence-corrected chi connectivity index (χ2v) is 5.99. The fourth-order valence-corrected chi connectivity index (χ4v) is 2.28. The number of anilines is 1. The molecule has 0 aliphatic heterocycles. The van der Waals surface area contributed by atoms with Crippen LogP contribution >= 0.6 is 23.3 Å². The lowest BCUT2D eigenvalue weighted by atomic mass is 10.4. The van der Waals surface area contributed by atoms with Crippen LogP contribution in [0.4, 0.5) is 5.13 Å². The second-order valence-electron chi connectivity index (χ2n) is 3.67. The van der Waals surface area contributed by atoms with E-state index in [9.17, 15) is 0 Å². The van der Waals surface area contributed by atoms with Crippen molar-refractivity contribution in [2.75, 3.05) is 5.32 Å². The molecule has 1 aromatic rings. The summed E-state index contributed by atoms with van der Waals surface area (Å²) in [7, 11) is 0. The number of hydrogen-bond acceptors (Lipinski definition) is 5. The van der Waals surface area contributed by atoms with Crippen LogP contribution in [0, 0.1) is 0 Å². The Labute approximate surface area is 93.9 Å². The largest absolute Gasteiger partial charge is 0.358 e. The van der Waals surface area contributed by atoms with E-state index in [1.54, 1.807) is 0 Å². The summed E-state index contributed by atoms with van der Waals surface area (Å²) in [5.41, 5.74) is 0.